The Balaban J connectivity index is 1.90. The maximum absolute atomic E-state index is 9.48. The van der Waals surface area contributed by atoms with Gasteiger partial charge in [-0.15, -0.1) is 11.3 Å². The third-order valence-electron chi connectivity index (χ3n) is 3.69. The Morgan fingerprint density at radius 3 is 2.50 bits per heavy atom. The van der Waals surface area contributed by atoms with Crippen LogP contribution in [0.3, 0.4) is 0 Å². The highest BCUT2D eigenvalue weighted by Crippen LogP contribution is 2.27. The highest BCUT2D eigenvalue weighted by molar-refractivity contribution is 9.10. The molecule has 4 heteroatoms. The molecule has 0 aliphatic heterocycles. The van der Waals surface area contributed by atoms with E-state index < -0.39 is 0 Å². The normalized spacial score (nSPS) is 11.3. The first-order valence-corrected chi connectivity index (χ1v) is 9.29. The molecule has 0 unspecified atom stereocenters. The number of thiazole rings is 1. The van der Waals surface area contributed by atoms with Gasteiger partial charge in [0.05, 0.1) is 11.3 Å². The van der Waals surface area contributed by atoms with Crippen LogP contribution < -0.4 is 0 Å². The van der Waals surface area contributed by atoms with Gasteiger partial charge in [-0.3, -0.25) is 0 Å². The Morgan fingerprint density at radius 2 is 1.88 bits per heavy atom. The first kappa shape index (κ1) is 16.6. The standard InChI is InChI=1S/C20H15BrN2S/c1-2-14-3-7-16(8-4-14)19-13-24-20(23-19)17(12-22)11-15-5-9-18(21)10-6-15/h3-11,13H,2H2,1H3. The SMILES string of the molecule is CCc1ccc(-c2csc(C(C#N)=Cc3ccc(Br)cc3)n2)cc1. The lowest BCUT2D eigenvalue weighted by molar-refractivity contribution is 1.14. The lowest BCUT2D eigenvalue weighted by Gasteiger charge is -1.99. The minimum Gasteiger partial charge on any atom is -0.235 e. The molecule has 0 amide bonds. The molecule has 0 aliphatic rings. The molecule has 118 valence electrons. The number of rotatable bonds is 4. The molecule has 1 aromatic heterocycles. The molecule has 2 nitrogen and oxygen atoms in total. The molecule has 0 radical (unpaired) electrons. The Hall–Kier alpha value is -2.22. The second-order valence-corrected chi connectivity index (χ2v) is 7.08. The van der Waals surface area contributed by atoms with Gasteiger partial charge in [-0.05, 0) is 35.8 Å². The smallest absolute Gasteiger partial charge is 0.134 e. The van der Waals surface area contributed by atoms with Crippen molar-refractivity contribution in [1.82, 2.24) is 4.98 Å². The molecule has 0 aliphatic carbocycles. The minimum absolute atomic E-state index is 0.582. The quantitative estimate of drug-likeness (QED) is 0.493. The van der Waals surface area contributed by atoms with Crippen LogP contribution in [-0.4, -0.2) is 4.98 Å². The zero-order valence-corrected chi connectivity index (χ0v) is 15.6. The maximum Gasteiger partial charge on any atom is 0.134 e. The van der Waals surface area contributed by atoms with E-state index >= 15 is 0 Å². The second-order valence-electron chi connectivity index (χ2n) is 5.31. The number of nitrogens with zero attached hydrogens (tertiary/aromatic N) is 2. The van der Waals surface area contributed by atoms with Crippen molar-refractivity contribution in [3.8, 4) is 17.3 Å². The van der Waals surface area contributed by atoms with E-state index in [0.29, 0.717) is 5.57 Å². The molecule has 3 rings (SSSR count). The van der Waals surface area contributed by atoms with Gasteiger partial charge in [0, 0.05) is 15.4 Å². The summed E-state index contributed by atoms with van der Waals surface area (Å²) in [5.74, 6) is 0. The lowest BCUT2D eigenvalue weighted by Crippen LogP contribution is -1.84. The van der Waals surface area contributed by atoms with Crippen LogP contribution in [0.2, 0.25) is 0 Å². The molecule has 0 saturated carbocycles. The van der Waals surface area contributed by atoms with Gasteiger partial charge in [0.2, 0.25) is 0 Å². The summed E-state index contributed by atoms with van der Waals surface area (Å²) in [5.41, 5.74) is 4.87. The fraction of sp³-hybridized carbons (Fsp3) is 0.100. The van der Waals surface area contributed by atoms with Gasteiger partial charge >= 0.3 is 0 Å². The average Bonchev–Trinajstić information content (AvgIpc) is 3.11. The largest absolute Gasteiger partial charge is 0.235 e. The van der Waals surface area contributed by atoms with Gasteiger partial charge in [-0.2, -0.15) is 5.26 Å². The molecule has 0 bridgehead atoms. The Labute approximate surface area is 154 Å². The molecule has 0 fully saturated rings. The van der Waals surface area contributed by atoms with Crippen molar-refractivity contribution < 1.29 is 0 Å². The summed E-state index contributed by atoms with van der Waals surface area (Å²) in [6, 6.07) is 18.5. The van der Waals surface area contributed by atoms with E-state index in [1.807, 2.05) is 35.7 Å². The van der Waals surface area contributed by atoms with Crippen LogP contribution in [0.25, 0.3) is 22.9 Å². The van der Waals surface area contributed by atoms with Crippen LogP contribution in [0, 0.1) is 11.3 Å². The van der Waals surface area contributed by atoms with Crippen molar-refractivity contribution in [1.29, 1.82) is 5.26 Å². The Bertz CT molecular complexity index is 900. The monoisotopic (exact) mass is 394 g/mol. The van der Waals surface area contributed by atoms with E-state index in [1.165, 1.54) is 16.9 Å². The van der Waals surface area contributed by atoms with E-state index in [9.17, 15) is 5.26 Å². The summed E-state index contributed by atoms with van der Waals surface area (Å²) in [4.78, 5) is 4.64. The molecule has 0 saturated heterocycles. The van der Waals surface area contributed by atoms with Crippen molar-refractivity contribution in [2.45, 2.75) is 13.3 Å². The van der Waals surface area contributed by atoms with E-state index in [1.54, 1.807) is 0 Å². The fourth-order valence-electron chi connectivity index (χ4n) is 2.31. The number of halogens is 1. The third-order valence-corrected chi connectivity index (χ3v) is 5.10. The molecule has 1 heterocycles. The number of aryl methyl sites for hydroxylation is 1. The molecule has 0 spiro atoms. The van der Waals surface area contributed by atoms with Crippen LogP contribution in [0.15, 0.2) is 58.4 Å². The van der Waals surface area contributed by atoms with E-state index in [2.05, 4.69) is 58.2 Å². The van der Waals surface area contributed by atoms with Gasteiger partial charge < -0.3 is 0 Å². The van der Waals surface area contributed by atoms with Crippen molar-refractivity contribution in [3.05, 3.63) is 74.5 Å². The van der Waals surface area contributed by atoms with Gasteiger partial charge in [0.25, 0.3) is 0 Å². The highest BCUT2D eigenvalue weighted by Gasteiger charge is 2.09. The fourth-order valence-corrected chi connectivity index (χ4v) is 3.37. The number of hydrogen-bond donors (Lipinski definition) is 0. The van der Waals surface area contributed by atoms with Gasteiger partial charge in [0.1, 0.15) is 11.1 Å². The summed E-state index contributed by atoms with van der Waals surface area (Å²) in [6.45, 7) is 2.14. The first-order valence-electron chi connectivity index (χ1n) is 7.62. The molecule has 3 aromatic rings. The second kappa shape index (κ2) is 7.57. The Kier molecular flexibility index (Phi) is 5.24. The topological polar surface area (TPSA) is 36.7 Å². The molecule has 0 atom stereocenters. The first-order chi connectivity index (χ1) is 11.7. The van der Waals surface area contributed by atoms with Gasteiger partial charge in [0.15, 0.2) is 0 Å². The molecule has 24 heavy (non-hydrogen) atoms. The number of nitriles is 1. The van der Waals surface area contributed by atoms with Crippen LogP contribution >= 0.6 is 27.3 Å². The summed E-state index contributed by atoms with van der Waals surface area (Å²) >= 11 is 4.92. The highest BCUT2D eigenvalue weighted by atomic mass is 79.9. The van der Waals surface area contributed by atoms with E-state index in [0.717, 1.165) is 32.7 Å². The van der Waals surface area contributed by atoms with Crippen LogP contribution in [0.1, 0.15) is 23.1 Å². The predicted molar refractivity (Wildman–Crippen MR) is 105 cm³/mol. The zero-order valence-electron chi connectivity index (χ0n) is 13.2. The lowest BCUT2D eigenvalue weighted by atomic mass is 10.1. The number of benzene rings is 2. The summed E-state index contributed by atoms with van der Waals surface area (Å²) in [6.07, 6.45) is 2.90. The van der Waals surface area contributed by atoms with Gasteiger partial charge in [-0.1, -0.05) is 59.3 Å². The molecular weight excluding hydrogens is 380 g/mol. The molecular formula is C20H15BrN2S. The van der Waals surface area contributed by atoms with Crippen molar-refractivity contribution in [2.75, 3.05) is 0 Å². The van der Waals surface area contributed by atoms with Crippen molar-refractivity contribution in [3.63, 3.8) is 0 Å². The van der Waals surface area contributed by atoms with Crippen LogP contribution in [-0.2, 0) is 6.42 Å². The average molecular weight is 395 g/mol. The van der Waals surface area contributed by atoms with Crippen LogP contribution in [0.4, 0.5) is 0 Å². The van der Waals surface area contributed by atoms with E-state index in [4.69, 9.17) is 0 Å². The Morgan fingerprint density at radius 1 is 1.17 bits per heavy atom. The molecule has 0 N–H and O–H groups in total. The summed E-state index contributed by atoms with van der Waals surface area (Å²) in [5, 5.41) is 12.2. The third kappa shape index (κ3) is 3.81. The summed E-state index contributed by atoms with van der Waals surface area (Å²) in [7, 11) is 0. The van der Waals surface area contributed by atoms with Gasteiger partial charge in [-0.25, -0.2) is 4.98 Å². The zero-order chi connectivity index (χ0) is 16.9. The van der Waals surface area contributed by atoms with E-state index in [-0.39, 0.29) is 0 Å². The van der Waals surface area contributed by atoms with Crippen molar-refractivity contribution >= 4 is 38.9 Å². The van der Waals surface area contributed by atoms with Crippen LogP contribution in [0.5, 0.6) is 0 Å². The maximum atomic E-state index is 9.48. The minimum atomic E-state index is 0.582. The van der Waals surface area contributed by atoms with Crippen molar-refractivity contribution in [2.24, 2.45) is 0 Å². The number of hydrogen-bond acceptors (Lipinski definition) is 3. The molecule has 2 aromatic carbocycles. The summed E-state index contributed by atoms with van der Waals surface area (Å²) < 4.78 is 1.02. The number of aromatic nitrogens is 1. The number of allylic oxidation sites excluding steroid dienone is 1. The predicted octanol–water partition coefficient (Wildman–Crippen LogP) is 6.20.